The molecule has 0 aromatic heterocycles. The van der Waals surface area contributed by atoms with Crippen LogP contribution in [0, 0.1) is 0 Å². The number of allylic oxidation sites excluding steroid dienone is 6. The van der Waals surface area contributed by atoms with Gasteiger partial charge in [-0.25, -0.2) is 0 Å². The molecule has 2 aliphatic heterocycles. The molecule has 14 heteroatoms. The first-order chi connectivity index (χ1) is 46.1. The maximum atomic E-state index is 13.4. The zero-order valence-corrected chi connectivity index (χ0v) is 60.7. The minimum absolute atomic E-state index is 0.200. The summed E-state index contributed by atoms with van der Waals surface area (Å²) in [4.78, 5) is 13.4. The summed E-state index contributed by atoms with van der Waals surface area (Å²) in [6.45, 7) is 2.91. The zero-order valence-electron chi connectivity index (χ0n) is 60.7. The molecule has 0 spiro atoms. The number of amides is 1. The van der Waals surface area contributed by atoms with Crippen LogP contribution in [-0.2, 0) is 23.7 Å². The fourth-order valence-corrected chi connectivity index (χ4v) is 13.5. The predicted octanol–water partition coefficient (Wildman–Crippen LogP) is 18.0. The Bertz CT molecular complexity index is 1720. The smallest absolute Gasteiger partial charge is 0.220 e. The number of unbranched alkanes of at least 4 members (excludes halogenated alkanes) is 49. The van der Waals surface area contributed by atoms with Crippen molar-refractivity contribution >= 4 is 5.91 Å². The van der Waals surface area contributed by atoms with Crippen molar-refractivity contribution in [2.24, 2.45) is 0 Å². The number of hydrogen-bond acceptors (Lipinski definition) is 13. The second-order valence-corrected chi connectivity index (χ2v) is 28.6. The predicted molar refractivity (Wildman–Crippen MR) is 388 cm³/mol. The monoisotopic (exact) mass is 1330 g/mol. The van der Waals surface area contributed by atoms with Crippen LogP contribution in [0.25, 0.3) is 0 Å². The number of aliphatic hydroxyl groups is 8. The van der Waals surface area contributed by atoms with Crippen molar-refractivity contribution < 1.29 is 64.6 Å². The van der Waals surface area contributed by atoms with Gasteiger partial charge >= 0.3 is 0 Å². The number of rotatable bonds is 68. The van der Waals surface area contributed by atoms with Crippen LogP contribution < -0.4 is 5.32 Å². The van der Waals surface area contributed by atoms with Crippen molar-refractivity contribution in [1.29, 1.82) is 0 Å². The molecular formula is C80H151NO13. The number of nitrogens with one attached hydrogen (secondary N) is 1. The lowest BCUT2D eigenvalue weighted by Crippen LogP contribution is -2.65. The van der Waals surface area contributed by atoms with Gasteiger partial charge in [0.15, 0.2) is 12.6 Å². The fourth-order valence-electron chi connectivity index (χ4n) is 13.5. The van der Waals surface area contributed by atoms with Crippen LogP contribution in [0.5, 0.6) is 0 Å². The Labute approximate surface area is 576 Å². The second-order valence-electron chi connectivity index (χ2n) is 28.6. The van der Waals surface area contributed by atoms with Crippen molar-refractivity contribution in [2.75, 3.05) is 19.8 Å². The van der Waals surface area contributed by atoms with E-state index in [2.05, 4.69) is 55.6 Å². The standard InChI is InChI=1S/C80H151NO13/c1-3-5-7-9-11-13-15-17-19-21-23-25-27-29-31-33-34-36-38-40-42-44-46-48-50-52-54-56-58-60-62-64-72(85)81-68(67-91-79-77(90)75(88)78(71(66-83)93-79)94-80-76(89)74(87)73(86)70(65-82)92-80)69(84)63-61-59-57-55-53-51-49-47-45-43-41-39-37-35-32-30-28-26-24-22-20-18-16-14-12-10-8-6-4-2/h15,17,21,23,27,29,68-71,73-80,82-84,86-90H,3-14,16,18-20,22,24-26,28,30-67H2,1-2H3,(H,81,85)/b17-15-,23-21-,29-27-. The van der Waals surface area contributed by atoms with Crippen molar-refractivity contribution in [3.63, 3.8) is 0 Å². The van der Waals surface area contributed by atoms with E-state index in [1.54, 1.807) is 0 Å². The van der Waals surface area contributed by atoms with Gasteiger partial charge in [0.1, 0.15) is 48.8 Å². The number of aliphatic hydroxyl groups excluding tert-OH is 8. The molecule has 2 fully saturated rings. The van der Waals surface area contributed by atoms with Gasteiger partial charge < -0.3 is 65.1 Å². The molecule has 0 aliphatic carbocycles. The summed E-state index contributed by atoms with van der Waals surface area (Å²) in [5.41, 5.74) is 0. The van der Waals surface area contributed by atoms with Crippen LogP contribution in [0.1, 0.15) is 373 Å². The highest BCUT2D eigenvalue weighted by Gasteiger charge is 2.51. The first kappa shape index (κ1) is 88.3. The largest absolute Gasteiger partial charge is 0.394 e. The third-order valence-electron chi connectivity index (χ3n) is 19.9. The minimum atomic E-state index is -1.78. The Hall–Kier alpha value is -1.79. The van der Waals surface area contributed by atoms with E-state index in [1.807, 2.05) is 0 Å². The lowest BCUT2D eigenvalue weighted by Gasteiger charge is -2.46. The summed E-state index contributed by atoms with van der Waals surface area (Å²) in [6, 6.07) is -0.830. The molecular weight excluding hydrogens is 1180 g/mol. The molecule has 0 bridgehead atoms. The van der Waals surface area contributed by atoms with Gasteiger partial charge in [-0.15, -0.1) is 0 Å². The number of carbonyl (C=O) groups is 1. The lowest BCUT2D eigenvalue weighted by molar-refractivity contribution is -0.359. The Morgan fingerprint density at radius 2 is 0.702 bits per heavy atom. The topological polar surface area (TPSA) is 228 Å². The first-order valence-electron chi connectivity index (χ1n) is 40.2. The van der Waals surface area contributed by atoms with Gasteiger partial charge in [0.05, 0.1) is 32.0 Å². The molecule has 0 aromatic rings. The summed E-state index contributed by atoms with van der Waals surface area (Å²) < 4.78 is 23.0. The van der Waals surface area contributed by atoms with Gasteiger partial charge in [-0.05, 0) is 51.4 Å². The average Bonchev–Trinajstić information content (AvgIpc) is 0.794. The molecule has 2 rings (SSSR count). The maximum absolute atomic E-state index is 13.4. The van der Waals surface area contributed by atoms with Crippen LogP contribution in [-0.4, -0.2) is 140 Å². The van der Waals surface area contributed by atoms with E-state index < -0.39 is 86.8 Å². The van der Waals surface area contributed by atoms with Gasteiger partial charge in [-0.2, -0.15) is 0 Å². The Kier molecular flexibility index (Phi) is 60.7. The summed E-state index contributed by atoms with van der Waals surface area (Å²) >= 11 is 0. The van der Waals surface area contributed by atoms with Crippen molar-refractivity contribution in [2.45, 2.75) is 447 Å². The van der Waals surface area contributed by atoms with E-state index >= 15 is 0 Å². The van der Waals surface area contributed by atoms with Crippen molar-refractivity contribution in [3.8, 4) is 0 Å². The minimum Gasteiger partial charge on any atom is -0.394 e. The fraction of sp³-hybridized carbons (Fsp3) is 0.912. The molecule has 0 saturated carbocycles. The van der Waals surface area contributed by atoms with Gasteiger partial charge in [0.2, 0.25) is 5.91 Å². The Morgan fingerprint density at radius 1 is 0.383 bits per heavy atom. The third-order valence-corrected chi connectivity index (χ3v) is 19.9. The van der Waals surface area contributed by atoms with Crippen LogP contribution in [0.15, 0.2) is 36.5 Å². The second kappa shape index (κ2) is 64.6. The highest BCUT2D eigenvalue weighted by molar-refractivity contribution is 5.76. The molecule has 94 heavy (non-hydrogen) atoms. The van der Waals surface area contributed by atoms with E-state index in [0.29, 0.717) is 12.8 Å². The molecule has 12 unspecified atom stereocenters. The summed E-state index contributed by atoms with van der Waals surface area (Å²) in [5, 5.41) is 87.9. The number of ether oxygens (including phenoxy) is 4. The number of hydrogen-bond donors (Lipinski definition) is 9. The lowest BCUT2D eigenvalue weighted by atomic mass is 9.97. The molecule has 12 atom stereocenters. The van der Waals surface area contributed by atoms with Gasteiger partial charge in [0.25, 0.3) is 0 Å². The summed E-state index contributed by atoms with van der Waals surface area (Å²) in [5.74, 6) is -0.200. The Balaban J connectivity index is 1.61. The van der Waals surface area contributed by atoms with Crippen LogP contribution in [0.3, 0.4) is 0 Å². The highest BCUT2D eigenvalue weighted by atomic mass is 16.7. The summed E-state index contributed by atoms with van der Waals surface area (Å²) in [7, 11) is 0. The van der Waals surface area contributed by atoms with Crippen molar-refractivity contribution in [1.82, 2.24) is 5.32 Å². The zero-order chi connectivity index (χ0) is 68.0. The SMILES string of the molecule is CCCCCCC/C=C\C/C=C\C/C=C\CCCCCCCCCCCCCCCCCCC(=O)NC(COC1OC(CO)C(OC2OC(CO)C(O)C(O)C2O)C(O)C1O)C(O)CCCCCCCCCCCCCCCCCCCCCCCCCCCCCCC. The number of carbonyl (C=O) groups excluding carboxylic acids is 1. The van der Waals surface area contributed by atoms with E-state index in [9.17, 15) is 45.6 Å². The van der Waals surface area contributed by atoms with Gasteiger partial charge in [0, 0.05) is 6.42 Å². The van der Waals surface area contributed by atoms with Crippen molar-refractivity contribution in [3.05, 3.63) is 36.5 Å². The Morgan fingerprint density at radius 3 is 1.07 bits per heavy atom. The normalized spacial score (nSPS) is 22.6. The van der Waals surface area contributed by atoms with Crippen LogP contribution in [0.4, 0.5) is 0 Å². The van der Waals surface area contributed by atoms with Gasteiger partial charge in [-0.3, -0.25) is 4.79 Å². The molecule has 0 radical (unpaired) electrons. The van der Waals surface area contributed by atoms with Gasteiger partial charge in [-0.1, -0.05) is 352 Å². The third kappa shape index (κ3) is 47.3. The van der Waals surface area contributed by atoms with E-state index in [4.69, 9.17) is 18.9 Å². The van der Waals surface area contributed by atoms with E-state index in [0.717, 1.165) is 64.2 Å². The molecule has 2 heterocycles. The summed E-state index contributed by atoms with van der Waals surface area (Å²) in [6.07, 6.45) is 67.5. The molecule has 2 aliphatic rings. The molecule has 1 amide bonds. The average molecular weight is 1340 g/mol. The molecule has 554 valence electrons. The first-order valence-corrected chi connectivity index (χ1v) is 40.2. The maximum Gasteiger partial charge on any atom is 0.220 e. The van der Waals surface area contributed by atoms with Crippen LogP contribution in [0.2, 0.25) is 0 Å². The van der Waals surface area contributed by atoms with E-state index in [1.165, 1.54) is 283 Å². The molecule has 9 N–H and O–H groups in total. The molecule has 2 saturated heterocycles. The van der Waals surface area contributed by atoms with E-state index in [-0.39, 0.29) is 12.5 Å². The molecule has 14 nitrogen and oxygen atoms in total. The molecule has 0 aromatic carbocycles. The van der Waals surface area contributed by atoms with Crippen LogP contribution >= 0.6 is 0 Å². The quantitative estimate of drug-likeness (QED) is 0.0204. The highest BCUT2D eigenvalue weighted by Crippen LogP contribution is 2.30.